The second-order valence-electron chi connectivity index (χ2n) is 9.95. The third-order valence-electron chi connectivity index (χ3n) is 7.18. The SMILES string of the molecule is Cc1cccc(-c2ccn(-c3nc4nc(C(=O)N5CCN(S(C)(=O)=O)CC5)[nH]c4c(N4CCOCC4)c3F)n2)c1. The van der Waals surface area contributed by atoms with E-state index in [9.17, 15) is 13.2 Å². The maximum atomic E-state index is 16.3. The molecule has 0 unspecified atom stereocenters. The van der Waals surface area contributed by atoms with Crippen molar-refractivity contribution in [2.24, 2.45) is 0 Å². The van der Waals surface area contributed by atoms with Crippen LogP contribution in [-0.4, -0.2) is 107 Å². The van der Waals surface area contributed by atoms with Gasteiger partial charge < -0.3 is 19.5 Å². The Morgan fingerprint density at radius 1 is 1.05 bits per heavy atom. The van der Waals surface area contributed by atoms with E-state index in [4.69, 9.17) is 4.74 Å². The highest BCUT2D eigenvalue weighted by molar-refractivity contribution is 7.88. The fourth-order valence-electron chi connectivity index (χ4n) is 5.08. The maximum absolute atomic E-state index is 16.3. The number of H-pyrrole nitrogens is 1. The van der Waals surface area contributed by atoms with E-state index in [1.807, 2.05) is 36.1 Å². The van der Waals surface area contributed by atoms with Crippen molar-refractivity contribution >= 4 is 32.8 Å². The van der Waals surface area contributed by atoms with Crippen molar-refractivity contribution in [2.75, 3.05) is 63.6 Å². The second-order valence-corrected chi connectivity index (χ2v) is 11.9. The molecule has 1 aromatic carbocycles. The topological polar surface area (TPSA) is 130 Å². The number of nitrogens with zero attached hydrogens (tertiary/aromatic N) is 7. The number of anilines is 1. The quantitative estimate of drug-likeness (QED) is 0.386. The van der Waals surface area contributed by atoms with Crippen molar-refractivity contribution in [2.45, 2.75) is 6.92 Å². The molecule has 12 nitrogen and oxygen atoms in total. The van der Waals surface area contributed by atoms with Crippen LogP contribution in [0.3, 0.4) is 0 Å². The summed E-state index contributed by atoms with van der Waals surface area (Å²) in [6.45, 7) is 4.62. The van der Waals surface area contributed by atoms with Gasteiger partial charge in [0.15, 0.2) is 23.1 Å². The second kappa shape index (κ2) is 10.3. The molecule has 2 aliphatic heterocycles. The minimum Gasteiger partial charge on any atom is -0.378 e. The molecule has 5 heterocycles. The standard InChI is InChI=1S/C26H29FN8O4S/c1-17-4-3-5-18(16-17)19-6-7-35(31-19)25-20(27)22(32-12-14-39-15-13-32)21-23(30-25)29-24(28-21)26(36)33-8-10-34(11-9-33)40(2,37)38/h3-7,16H,8-15H2,1-2H3,(H,28,29,30). The van der Waals surface area contributed by atoms with Crippen molar-refractivity contribution in [1.29, 1.82) is 0 Å². The minimum atomic E-state index is -3.34. The third-order valence-corrected chi connectivity index (χ3v) is 8.49. The molecule has 0 bridgehead atoms. The Bertz CT molecular complexity index is 1690. The van der Waals surface area contributed by atoms with Crippen LogP contribution in [0.2, 0.25) is 0 Å². The number of aromatic nitrogens is 5. The summed E-state index contributed by atoms with van der Waals surface area (Å²) in [6, 6.07) is 9.66. The van der Waals surface area contributed by atoms with Crippen LogP contribution >= 0.6 is 0 Å². The average molecular weight is 569 g/mol. The van der Waals surface area contributed by atoms with Crippen LogP contribution in [-0.2, 0) is 14.8 Å². The molecule has 0 spiro atoms. The number of piperazine rings is 1. The van der Waals surface area contributed by atoms with Gasteiger partial charge in [-0.2, -0.15) is 9.40 Å². The largest absolute Gasteiger partial charge is 0.378 e. The number of pyridine rings is 1. The normalized spacial score (nSPS) is 17.1. The Hall–Kier alpha value is -3.88. The van der Waals surface area contributed by atoms with Gasteiger partial charge in [0.25, 0.3) is 5.91 Å². The summed E-state index contributed by atoms with van der Waals surface area (Å²) in [5.74, 6) is -0.998. The van der Waals surface area contributed by atoms with E-state index in [2.05, 4.69) is 20.1 Å². The molecule has 0 atom stereocenters. The van der Waals surface area contributed by atoms with E-state index >= 15 is 4.39 Å². The number of amides is 1. The van der Waals surface area contributed by atoms with Gasteiger partial charge >= 0.3 is 0 Å². The summed E-state index contributed by atoms with van der Waals surface area (Å²) in [7, 11) is -3.34. The summed E-state index contributed by atoms with van der Waals surface area (Å²) in [6.07, 6.45) is 2.80. The first-order chi connectivity index (χ1) is 19.2. The Morgan fingerprint density at radius 3 is 2.50 bits per heavy atom. The van der Waals surface area contributed by atoms with E-state index < -0.39 is 21.7 Å². The number of carbonyl (C=O) groups excluding carboxylic acids is 1. The molecule has 2 aliphatic rings. The van der Waals surface area contributed by atoms with Gasteiger partial charge in [0.05, 0.1) is 25.2 Å². The van der Waals surface area contributed by atoms with E-state index in [1.54, 1.807) is 12.3 Å². The molecule has 0 radical (unpaired) electrons. The highest BCUT2D eigenvalue weighted by atomic mass is 32.2. The lowest BCUT2D eigenvalue weighted by atomic mass is 10.1. The predicted molar refractivity (Wildman–Crippen MR) is 146 cm³/mol. The van der Waals surface area contributed by atoms with Gasteiger partial charge in [0.2, 0.25) is 10.0 Å². The molecule has 3 aromatic heterocycles. The van der Waals surface area contributed by atoms with E-state index in [1.165, 1.54) is 13.9 Å². The van der Waals surface area contributed by atoms with Crippen LogP contribution in [0.25, 0.3) is 28.2 Å². The monoisotopic (exact) mass is 568 g/mol. The zero-order valence-corrected chi connectivity index (χ0v) is 23.0. The molecule has 6 rings (SSSR count). The summed E-state index contributed by atoms with van der Waals surface area (Å²) in [5.41, 5.74) is 3.40. The van der Waals surface area contributed by atoms with Crippen LogP contribution in [0.4, 0.5) is 10.1 Å². The number of hydrogen-bond acceptors (Lipinski definition) is 8. The highest BCUT2D eigenvalue weighted by Gasteiger charge is 2.30. The number of fused-ring (bicyclic) bond motifs is 1. The molecule has 2 saturated heterocycles. The lowest BCUT2D eigenvalue weighted by molar-refractivity contribution is 0.0687. The number of benzene rings is 1. The number of rotatable bonds is 5. The Morgan fingerprint density at radius 2 is 1.80 bits per heavy atom. The average Bonchev–Trinajstić information content (AvgIpc) is 3.60. The van der Waals surface area contributed by atoms with Crippen LogP contribution in [0.5, 0.6) is 0 Å². The lowest BCUT2D eigenvalue weighted by Gasteiger charge is -2.32. The number of halogens is 1. The molecule has 14 heteroatoms. The zero-order valence-electron chi connectivity index (χ0n) is 22.2. The van der Waals surface area contributed by atoms with Gasteiger partial charge in [-0.3, -0.25) is 4.79 Å². The summed E-state index contributed by atoms with van der Waals surface area (Å²) in [5, 5.41) is 4.59. The van der Waals surface area contributed by atoms with Crippen molar-refractivity contribution in [1.82, 2.24) is 33.9 Å². The molecular weight excluding hydrogens is 539 g/mol. The number of ether oxygens (including phenoxy) is 1. The van der Waals surface area contributed by atoms with Crippen LogP contribution in [0.1, 0.15) is 16.2 Å². The van der Waals surface area contributed by atoms with Crippen molar-refractivity contribution in [3.63, 3.8) is 0 Å². The summed E-state index contributed by atoms with van der Waals surface area (Å²) in [4.78, 5) is 28.7. The summed E-state index contributed by atoms with van der Waals surface area (Å²) < 4.78 is 48.2. The van der Waals surface area contributed by atoms with Gasteiger partial charge in [0, 0.05) is 51.0 Å². The number of aromatic amines is 1. The van der Waals surface area contributed by atoms with Gasteiger partial charge in [-0.15, -0.1) is 0 Å². The van der Waals surface area contributed by atoms with E-state index in [0.717, 1.165) is 17.4 Å². The number of nitrogens with one attached hydrogen (secondary N) is 1. The number of morpholine rings is 1. The van der Waals surface area contributed by atoms with Gasteiger partial charge in [0.1, 0.15) is 11.2 Å². The first-order valence-electron chi connectivity index (χ1n) is 13.0. The van der Waals surface area contributed by atoms with Gasteiger partial charge in [-0.1, -0.05) is 23.8 Å². The van der Waals surface area contributed by atoms with Gasteiger partial charge in [-0.25, -0.2) is 27.5 Å². The van der Waals surface area contributed by atoms with Crippen LogP contribution in [0, 0.1) is 12.7 Å². The van der Waals surface area contributed by atoms with E-state index in [-0.39, 0.29) is 49.2 Å². The van der Waals surface area contributed by atoms with E-state index in [0.29, 0.717) is 37.5 Å². The maximum Gasteiger partial charge on any atom is 0.289 e. The minimum absolute atomic E-state index is 0.0160. The third kappa shape index (κ3) is 4.93. The fraction of sp³-hybridized carbons (Fsp3) is 0.385. The number of carbonyl (C=O) groups is 1. The predicted octanol–water partition coefficient (Wildman–Crippen LogP) is 1.81. The zero-order chi connectivity index (χ0) is 28.0. The molecule has 4 aromatic rings. The Balaban J connectivity index is 1.38. The Labute approximate surface area is 230 Å². The van der Waals surface area contributed by atoms with Crippen LogP contribution < -0.4 is 4.90 Å². The number of imidazole rings is 1. The molecule has 2 fully saturated rings. The smallest absolute Gasteiger partial charge is 0.289 e. The number of hydrogen-bond donors (Lipinski definition) is 1. The number of sulfonamides is 1. The fourth-order valence-corrected chi connectivity index (χ4v) is 5.91. The van der Waals surface area contributed by atoms with Crippen molar-refractivity contribution < 1.29 is 22.3 Å². The summed E-state index contributed by atoms with van der Waals surface area (Å²) >= 11 is 0. The first-order valence-corrected chi connectivity index (χ1v) is 14.8. The van der Waals surface area contributed by atoms with Crippen molar-refractivity contribution in [3.8, 4) is 17.1 Å². The highest BCUT2D eigenvalue weighted by Crippen LogP contribution is 2.32. The molecule has 0 saturated carbocycles. The first kappa shape index (κ1) is 26.3. The van der Waals surface area contributed by atoms with Crippen molar-refractivity contribution in [3.05, 3.63) is 53.7 Å². The molecular formula is C26H29FN8O4S. The molecule has 210 valence electrons. The van der Waals surface area contributed by atoms with Crippen LogP contribution in [0.15, 0.2) is 36.5 Å². The molecule has 1 N–H and O–H groups in total. The Kier molecular flexibility index (Phi) is 6.76. The molecule has 40 heavy (non-hydrogen) atoms. The molecule has 1 amide bonds. The number of aryl methyl sites for hydroxylation is 1. The lowest BCUT2D eigenvalue weighted by Crippen LogP contribution is -2.50. The van der Waals surface area contributed by atoms with Gasteiger partial charge in [-0.05, 0) is 19.1 Å². The molecule has 0 aliphatic carbocycles.